The highest BCUT2D eigenvalue weighted by Gasteiger charge is 2.22. The van der Waals surface area contributed by atoms with Crippen LogP contribution in [0.2, 0.25) is 0 Å². The van der Waals surface area contributed by atoms with Gasteiger partial charge in [-0.3, -0.25) is 0 Å². The number of nitrogens with one attached hydrogen (secondary N) is 1. The maximum Gasteiger partial charge on any atom is 0.163 e. The summed E-state index contributed by atoms with van der Waals surface area (Å²) in [4.78, 5) is 9.54. The lowest BCUT2D eigenvalue weighted by molar-refractivity contribution is 0.477. The Balaban J connectivity index is 1.97. The molecular weight excluding hydrogens is 286 g/mol. The zero-order valence-corrected chi connectivity index (χ0v) is 13.1. The topological polar surface area (TPSA) is 58.0 Å². The second-order valence-corrected chi connectivity index (χ2v) is 6.16. The van der Waals surface area contributed by atoms with Gasteiger partial charge in [0.2, 0.25) is 0 Å². The first-order valence-corrected chi connectivity index (χ1v) is 8.00. The molecule has 0 spiro atoms. The van der Waals surface area contributed by atoms with Gasteiger partial charge in [-0.25, -0.2) is 9.97 Å². The van der Waals surface area contributed by atoms with Crippen LogP contribution in [0.5, 0.6) is 5.75 Å². The van der Waals surface area contributed by atoms with Crippen molar-refractivity contribution in [2.45, 2.75) is 19.3 Å². The average Bonchev–Trinajstić information content (AvgIpc) is 3.08. The predicted octanol–water partition coefficient (Wildman–Crippen LogP) is 3.39. The highest BCUT2D eigenvalue weighted by Crippen LogP contribution is 2.32. The number of nitrogens with zero attached hydrogens (tertiary/aromatic N) is 2. The summed E-state index contributed by atoms with van der Waals surface area (Å²) in [5, 5.41) is 14.7. The Morgan fingerprint density at radius 3 is 2.78 bits per heavy atom. The number of aryl methyl sites for hydroxylation is 1. The molecule has 1 aliphatic heterocycles. The van der Waals surface area contributed by atoms with Gasteiger partial charge in [-0.1, -0.05) is 24.3 Å². The molecule has 1 aliphatic rings. The minimum Gasteiger partial charge on any atom is -0.507 e. The molecule has 2 aromatic carbocycles. The molecule has 1 saturated heterocycles. The number of hydrogen-bond donors (Lipinski definition) is 2. The summed E-state index contributed by atoms with van der Waals surface area (Å²) in [6.45, 7) is 4.03. The molecule has 1 fully saturated rings. The predicted molar refractivity (Wildman–Crippen MR) is 91.6 cm³/mol. The molecule has 2 heterocycles. The lowest BCUT2D eigenvalue weighted by Crippen LogP contribution is -2.10. The number of phenols is 1. The molecule has 4 nitrogen and oxygen atoms in total. The summed E-state index contributed by atoms with van der Waals surface area (Å²) in [7, 11) is 0. The first-order chi connectivity index (χ1) is 11.2. The van der Waals surface area contributed by atoms with Gasteiger partial charge in [0.05, 0.1) is 16.8 Å². The van der Waals surface area contributed by atoms with Gasteiger partial charge in [-0.2, -0.15) is 0 Å². The van der Waals surface area contributed by atoms with Gasteiger partial charge in [-0.05, 0) is 43.7 Å². The van der Waals surface area contributed by atoms with Crippen molar-refractivity contribution in [2.75, 3.05) is 13.1 Å². The molecule has 3 aromatic rings. The van der Waals surface area contributed by atoms with Crippen LogP contribution in [0, 0.1) is 6.92 Å². The fourth-order valence-corrected chi connectivity index (χ4v) is 3.25. The third-order valence-corrected chi connectivity index (χ3v) is 4.47. The largest absolute Gasteiger partial charge is 0.507 e. The molecule has 4 heteroatoms. The lowest BCUT2D eigenvalue weighted by Gasteiger charge is -2.14. The van der Waals surface area contributed by atoms with Crippen molar-refractivity contribution in [1.82, 2.24) is 15.3 Å². The molecule has 23 heavy (non-hydrogen) atoms. The van der Waals surface area contributed by atoms with E-state index in [9.17, 15) is 5.11 Å². The van der Waals surface area contributed by atoms with Crippen molar-refractivity contribution < 1.29 is 5.11 Å². The molecule has 0 radical (unpaired) electrons. The van der Waals surface area contributed by atoms with Crippen LogP contribution in [-0.4, -0.2) is 28.2 Å². The Bertz CT molecular complexity index is 870. The zero-order valence-electron chi connectivity index (χ0n) is 13.1. The fourth-order valence-electron chi connectivity index (χ4n) is 3.25. The fraction of sp³-hybridized carbons (Fsp3) is 0.263. The van der Waals surface area contributed by atoms with Crippen molar-refractivity contribution in [3.63, 3.8) is 0 Å². The summed E-state index contributed by atoms with van der Waals surface area (Å²) in [6.07, 6.45) is 1.08. The average molecular weight is 305 g/mol. The van der Waals surface area contributed by atoms with Crippen molar-refractivity contribution in [3.8, 4) is 17.1 Å². The van der Waals surface area contributed by atoms with E-state index in [0.717, 1.165) is 36.1 Å². The van der Waals surface area contributed by atoms with Crippen molar-refractivity contribution in [2.24, 2.45) is 0 Å². The van der Waals surface area contributed by atoms with E-state index in [1.165, 1.54) is 5.56 Å². The molecule has 0 amide bonds. The van der Waals surface area contributed by atoms with E-state index in [1.54, 1.807) is 6.07 Å². The third kappa shape index (κ3) is 2.55. The van der Waals surface area contributed by atoms with Crippen molar-refractivity contribution >= 4 is 10.9 Å². The monoisotopic (exact) mass is 305 g/mol. The molecule has 0 bridgehead atoms. The third-order valence-electron chi connectivity index (χ3n) is 4.47. The number of aromatic nitrogens is 2. The number of benzene rings is 2. The normalized spacial score (nSPS) is 17.7. The zero-order chi connectivity index (χ0) is 15.8. The van der Waals surface area contributed by atoms with Crippen LogP contribution in [0.15, 0.2) is 42.5 Å². The number of phenolic OH excluding ortho intramolecular Hbond substituents is 1. The number of aromatic hydroxyl groups is 1. The van der Waals surface area contributed by atoms with E-state index >= 15 is 0 Å². The smallest absolute Gasteiger partial charge is 0.163 e. The quantitative estimate of drug-likeness (QED) is 0.762. The Morgan fingerprint density at radius 1 is 1.13 bits per heavy atom. The molecule has 1 aromatic heterocycles. The van der Waals surface area contributed by atoms with Gasteiger partial charge >= 0.3 is 0 Å². The maximum absolute atomic E-state index is 10.2. The van der Waals surface area contributed by atoms with Crippen molar-refractivity contribution in [3.05, 3.63) is 53.7 Å². The molecular formula is C19H19N3O. The molecule has 1 atom stereocenters. The Kier molecular flexibility index (Phi) is 3.46. The van der Waals surface area contributed by atoms with Crippen LogP contribution >= 0.6 is 0 Å². The Hall–Kier alpha value is -2.46. The number of hydrogen-bond acceptors (Lipinski definition) is 4. The van der Waals surface area contributed by atoms with E-state index in [2.05, 4.69) is 30.4 Å². The number of fused-ring (bicyclic) bond motifs is 1. The van der Waals surface area contributed by atoms with Gasteiger partial charge in [0, 0.05) is 17.8 Å². The SMILES string of the molecule is Cc1ccc2c(C3CCNC3)nc(-c3ccccc3O)nc2c1. The van der Waals surface area contributed by atoms with Gasteiger partial charge in [0.1, 0.15) is 5.75 Å². The standard InChI is InChI=1S/C19H19N3O/c1-12-6-7-14-16(10-12)21-19(15-4-2-3-5-17(15)23)22-18(14)13-8-9-20-11-13/h2-7,10,13,20,23H,8-9,11H2,1H3. The summed E-state index contributed by atoms with van der Waals surface area (Å²) >= 11 is 0. The first kappa shape index (κ1) is 14.2. The summed E-state index contributed by atoms with van der Waals surface area (Å²) in [5.41, 5.74) is 3.89. The molecule has 0 saturated carbocycles. The maximum atomic E-state index is 10.2. The Labute approximate surface area is 135 Å². The summed E-state index contributed by atoms with van der Waals surface area (Å²) in [5.74, 6) is 1.21. The number of para-hydroxylation sites is 1. The minimum absolute atomic E-state index is 0.218. The number of rotatable bonds is 2. The van der Waals surface area contributed by atoms with E-state index in [4.69, 9.17) is 9.97 Å². The van der Waals surface area contributed by atoms with Crippen LogP contribution < -0.4 is 5.32 Å². The van der Waals surface area contributed by atoms with Gasteiger partial charge in [-0.15, -0.1) is 0 Å². The van der Waals surface area contributed by atoms with E-state index < -0.39 is 0 Å². The van der Waals surface area contributed by atoms with Gasteiger partial charge in [0.15, 0.2) is 5.82 Å². The van der Waals surface area contributed by atoms with Gasteiger partial charge < -0.3 is 10.4 Å². The second kappa shape index (κ2) is 5.63. The van der Waals surface area contributed by atoms with Crippen LogP contribution in [-0.2, 0) is 0 Å². The summed E-state index contributed by atoms with van der Waals surface area (Å²) in [6, 6.07) is 13.6. The van der Waals surface area contributed by atoms with E-state index in [1.807, 2.05) is 18.2 Å². The molecule has 4 rings (SSSR count). The minimum atomic E-state index is 0.218. The second-order valence-electron chi connectivity index (χ2n) is 6.16. The van der Waals surface area contributed by atoms with Crippen LogP contribution in [0.1, 0.15) is 23.6 Å². The lowest BCUT2D eigenvalue weighted by atomic mass is 9.99. The molecule has 2 N–H and O–H groups in total. The van der Waals surface area contributed by atoms with Gasteiger partial charge in [0.25, 0.3) is 0 Å². The molecule has 1 unspecified atom stereocenters. The summed E-state index contributed by atoms with van der Waals surface area (Å²) < 4.78 is 0. The highest BCUT2D eigenvalue weighted by atomic mass is 16.3. The highest BCUT2D eigenvalue weighted by molar-refractivity contribution is 5.84. The first-order valence-electron chi connectivity index (χ1n) is 8.00. The molecule has 0 aliphatic carbocycles. The van der Waals surface area contributed by atoms with E-state index in [-0.39, 0.29) is 5.75 Å². The van der Waals surface area contributed by atoms with Crippen LogP contribution in [0.25, 0.3) is 22.3 Å². The van der Waals surface area contributed by atoms with Crippen LogP contribution in [0.4, 0.5) is 0 Å². The Morgan fingerprint density at radius 2 is 2.00 bits per heavy atom. The van der Waals surface area contributed by atoms with E-state index in [0.29, 0.717) is 17.3 Å². The van der Waals surface area contributed by atoms with Crippen LogP contribution in [0.3, 0.4) is 0 Å². The molecule has 116 valence electrons. The van der Waals surface area contributed by atoms with Crippen molar-refractivity contribution in [1.29, 1.82) is 0 Å².